The van der Waals surface area contributed by atoms with Gasteiger partial charge in [-0.25, -0.2) is 0 Å². The topological polar surface area (TPSA) is 72.2 Å². The van der Waals surface area contributed by atoms with Gasteiger partial charge in [-0.2, -0.15) is 0 Å². The highest BCUT2D eigenvalue weighted by Gasteiger charge is 2.24. The van der Waals surface area contributed by atoms with Crippen LogP contribution in [0.4, 0.5) is 5.00 Å². The number of hydrogen-bond donors (Lipinski definition) is 2. The zero-order valence-corrected chi connectivity index (χ0v) is 15.9. The van der Waals surface area contributed by atoms with Crippen LogP contribution in [-0.4, -0.2) is 17.6 Å². The predicted octanol–water partition coefficient (Wildman–Crippen LogP) is 4.16. The molecule has 3 rings (SSSR count). The van der Waals surface area contributed by atoms with Crippen LogP contribution in [0.3, 0.4) is 0 Å². The van der Waals surface area contributed by atoms with E-state index in [0.717, 1.165) is 36.1 Å². The van der Waals surface area contributed by atoms with Gasteiger partial charge in [-0.1, -0.05) is 17.7 Å². The van der Waals surface area contributed by atoms with Crippen LogP contribution in [0, 0.1) is 6.92 Å². The number of primary amides is 1. The number of amides is 2. The number of carbonyl (C=O) groups is 2. The minimum Gasteiger partial charge on any atom is -0.365 e. The molecule has 6 heteroatoms. The Hall–Kier alpha value is -1.79. The fraction of sp³-hybridized carbons (Fsp3) is 0.368. The summed E-state index contributed by atoms with van der Waals surface area (Å²) in [4.78, 5) is 26.5. The van der Waals surface area contributed by atoms with Gasteiger partial charge in [0.1, 0.15) is 5.00 Å². The van der Waals surface area contributed by atoms with Crippen molar-refractivity contribution in [2.24, 2.45) is 5.73 Å². The van der Waals surface area contributed by atoms with Crippen molar-refractivity contribution in [1.82, 2.24) is 0 Å². The lowest BCUT2D eigenvalue weighted by atomic mass is 9.95. The largest absolute Gasteiger partial charge is 0.365 e. The first-order valence-electron chi connectivity index (χ1n) is 8.48. The van der Waals surface area contributed by atoms with Crippen molar-refractivity contribution in [3.05, 3.63) is 45.8 Å². The lowest BCUT2D eigenvalue weighted by molar-refractivity contribution is -0.115. The van der Waals surface area contributed by atoms with Gasteiger partial charge in [-0.3, -0.25) is 9.59 Å². The van der Waals surface area contributed by atoms with Crippen molar-refractivity contribution < 1.29 is 9.59 Å². The van der Waals surface area contributed by atoms with E-state index in [1.807, 2.05) is 0 Å². The first-order chi connectivity index (χ1) is 12.0. The quantitative estimate of drug-likeness (QED) is 0.746. The normalized spacial score (nSPS) is 13.3. The van der Waals surface area contributed by atoms with Crippen molar-refractivity contribution >= 4 is 39.9 Å². The van der Waals surface area contributed by atoms with Gasteiger partial charge in [0.05, 0.1) is 5.56 Å². The molecule has 0 atom stereocenters. The SMILES string of the molecule is Cc1ccc(SCCC(=O)Nc2sc3c(c2C(N)=O)CCCC3)cc1. The minimum atomic E-state index is -0.441. The molecule has 1 aromatic heterocycles. The number of thiophene rings is 1. The summed E-state index contributed by atoms with van der Waals surface area (Å²) in [6, 6.07) is 8.27. The van der Waals surface area contributed by atoms with Crippen LogP contribution in [0.5, 0.6) is 0 Å². The molecule has 1 heterocycles. The predicted molar refractivity (Wildman–Crippen MR) is 105 cm³/mol. The highest BCUT2D eigenvalue weighted by Crippen LogP contribution is 2.38. The number of nitrogens with one attached hydrogen (secondary N) is 1. The van der Waals surface area contributed by atoms with E-state index in [0.29, 0.717) is 22.7 Å². The molecule has 0 spiro atoms. The third kappa shape index (κ3) is 4.44. The maximum Gasteiger partial charge on any atom is 0.251 e. The van der Waals surface area contributed by atoms with Crippen LogP contribution in [0.15, 0.2) is 29.2 Å². The standard InChI is InChI=1S/C19H22N2O2S2/c1-12-6-8-13(9-7-12)24-11-10-16(22)21-19-17(18(20)23)14-4-2-3-5-15(14)25-19/h6-9H,2-5,10-11H2,1H3,(H2,20,23)(H,21,22). The summed E-state index contributed by atoms with van der Waals surface area (Å²) in [6.45, 7) is 2.05. The van der Waals surface area contributed by atoms with Crippen LogP contribution < -0.4 is 11.1 Å². The first kappa shape index (κ1) is 18.0. The Bertz CT molecular complexity index is 781. The summed E-state index contributed by atoms with van der Waals surface area (Å²) in [6.07, 6.45) is 4.46. The molecule has 0 aliphatic heterocycles. The summed E-state index contributed by atoms with van der Waals surface area (Å²) >= 11 is 3.17. The number of carbonyl (C=O) groups excluding carboxylic acids is 2. The summed E-state index contributed by atoms with van der Waals surface area (Å²) in [7, 11) is 0. The van der Waals surface area contributed by atoms with E-state index in [9.17, 15) is 9.59 Å². The van der Waals surface area contributed by atoms with Gasteiger partial charge in [0.25, 0.3) is 5.91 Å². The number of anilines is 1. The maximum absolute atomic E-state index is 12.3. The Balaban J connectivity index is 1.60. The van der Waals surface area contributed by atoms with Crippen LogP contribution in [0.25, 0.3) is 0 Å². The first-order valence-corrected chi connectivity index (χ1v) is 10.3. The summed E-state index contributed by atoms with van der Waals surface area (Å²) < 4.78 is 0. The van der Waals surface area contributed by atoms with Gasteiger partial charge in [0, 0.05) is 21.9 Å². The number of benzene rings is 1. The Morgan fingerprint density at radius 3 is 2.64 bits per heavy atom. The van der Waals surface area contributed by atoms with Crippen LogP contribution in [0.1, 0.15) is 45.6 Å². The zero-order chi connectivity index (χ0) is 17.8. The van der Waals surface area contributed by atoms with Crippen molar-refractivity contribution in [2.75, 3.05) is 11.1 Å². The molecule has 0 saturated carbocycles. The van der Waals surface area contributed by atoms with E-state index in [4.69, 9.17) is 5.73 Å². The average molecular weight is 375 g/mol. The van der Waals surface area contributed by atoms with Gasteiger partial charge in [-0.15, -0.1) is 23.1 Å². The second kappa shape index (κ2) is 8.06. The Morgan fingerprint density at radius 2 is 1.92 bits per heavy atom. The fourth-order valence-corrected chi connectivity index (χ4v) is 5.16. The summed E-state index contributed by atoms with van der Waals surface area (Å²) in [5.41, 5.74) is 8.36. The lowest BCUT2D eigenvalue weighted by Crippen LogP contribution is -2.18. The fourth-order valence-electron chi connectivity index (χ4n) is 3.00. The molecule has 0 unspecified atom stereocenters. The molecule has 25 heavy (non-hydrogen) atoms. The van der Waals surface area contributed by atoms with Crippen molar-refractivity contribution in [1.29, 1.82) is 0 Å². The van der Waals surface area contributed by atoms with Gasteiger partial charge < -0.3 is 11.1 Å². The number of nitrogens with two attached hydrogens (primary N) is 1. The molecule has 0 fully saturated rings. The molecular weight excluding hydrogens is 352 g/mol. The van der Waals surface area contributed by atoms with Crippen molar-refractivity contribution in [2.45, 2.75) is 43.9 Å². The highest BCUT2D eigenvalue weighted by molar-refractivity contribution is 7.99. The molecule has 4 nitrogen and oxygen atoms in total. The number of fused-ring (bicyclic) bond motifs is 1. The molecule has 1 aliphatic rings. The molecule has 0 bridgehead atoms. The van der Waals surface area contributed by atoms with E-state index < -0.39 is 5.91 Å². The van der Waals surface area contributed by atoms with Gasteiger partial charge in [0.15, 0.2) is 0 Å². The number of rotatable bonds is 6. The van der Waals surface area contributed by atoms with E-state index in [1.165, 1.54) is 21.8 Å². The van der Waals surface area contributed by atoms with E-state index in [2.05, 4.69) is 36.5 Å². The second-order valence-electron chi connectivity index (χ2n) is 6.24. The smallest absolute Gasteiger partial charge is 0.251 e. The molecule has 0 radical (unpaired) electrons. The average Bonchev–Trinajstić information content (AvgIpc) is 2.94. The van der Waals surface area contributed by atoms with E-state index >= 15 is 0 Å². The maximum atomic E-state index is 12.3. The highest BCUT2D eigenvalue weighted by atomic mass is 32.2. The van der Waals surface area contributed by atoms with Crippen molar-refractivity contribution in [3.63, 3.8) is 0 Å². The van der Waals surface area contributed by atoms with Gasteiger partial charge in [-0.05, 0) is 50.3 Å². The molecule has 0 saturated heterocycles. The minimum absolute atomic E-state index is 0.0688. The zero-order valence-electron chi connectivity index (χ0n) is 14.3. The lowest BCUT2D eigenvalue weighted by Gasteiger charge is -2.11. The molecular formula is C19H22N2O2S2. The number of hydrogen-bond acceptors (Lipinski definition) is 4. The third-order valence-electron chi connectivity index (χ3n) is 4.29. The number of thioether (sulfide) groups is 1. The molecule has 1 aromatic carbocycles. The van der Waals surface area contributed by atoms with Crippen LogP contribution in [0.2, 0.25) is 0 Å². The van der Waals surface area contributed by atoms with Crippen LogP contribution in [-0.2, 0) is 17.6 Å². The van der Waals surface area contributed by atoms with Crippen LogP contribution >= 0.6 is 23.1 Å². The Labute approximate surface area is 156 Å². The second-order valence-corrected chi connectivity index (χ2v) is 8.51. The third-order valence-corrected chi connectivity index (χ3v) is 6.51. The monoisotopic (exact) mass is 374 g/mol. The van der Waals surface area contributed by atoms with E-state index in [-0.39, 0.29) is 5.91 Å². The van der Waals surface area contributed by atoms with Gasteiger partial charge >= 0.3 is 0 Å². The van der Waals surface area contributed by atoms with Crippen molar-refractivity contribution in [3.8, 4) is 0 Å². The van der Waals surface area contributed by atoms with E-state index in [1.54, 1.807) is 11.8 Å². The molecule has 2 amide bonds. The Kier molecular flexibility index (Phi) is 5.81. The number of aryl methyl sites for hydroxylation is 2. The van der Waals surface area contributed by atoms with Gasteiger partial charge in [0.2, 0.25) is 5.91 Å². The Morgan fingerprint density at radius 1 is 1.20 bits per heavy atom. The molecule has 2 aromatic rings. The molecule has 1 aliphatic carbocycles. The summed E-state index contributed by atoms with van der Waals surface area (Å²) in [5.74, 6) is 0.191. The molecule has 3 N–H and O–H groups in total. The molecule has 132 valence electrons. The summed E-state index contributed by atoms with van der Waals surface area (Å²) in [5, 5.41) is 3.54.